The predicted octanol–water partition coefficient (Wildman–Crippen LogP) is 3.08. The second kappa shape index (κ2) is 3.63. The van der Waals surface area contributed by atoms with Crippen LogP contribution in [0, 0.1) is 6.92 Å². The van der Waals surface area contributed by atoms with Crippen LogP contribution in [0.15, 0.2) is 24.8 Å². The Morgan fingerprint density at radius 2 is 2.25 bits per heavy atom. The highest BCUT2D eigenvalue weighted by Gasteiger charge is 2.04. The highest BCUT2D eigenvalue weighted by Crippen LogP contribution is 2.29. The van der Waals surface area contributed by atoms with Crippen molar-refractivity contribution in [1.29, 1.82) is 0 Å². The summed E-state index contributed by atoms with van der Waals surface area (Å²) in [5, 5.41) is 9.88. The number of benzene rings is 1. The first-order valence-corrected chi connectivity index (χ1v) is 4.12. The lowest BCUT2D eigenvalue weighted by atomic mass is 10.1. The van der Waals surface area contributed by atoms with E-state index >= 15 is 0 Å². The first-order valence-electron chi connectivity index (χ1n) is 3.74. The Labute approximate surface area is 77.3 Å². The summed E-state index contributed by atoms with van der Waals surface area (Å²) in [7, 11) is 0. The number of hydrogen-bond acceptors (Lipinski definition) is 1. The summed E-state index contributed by atoms with van der Waals surface area (Å²) in [6.07, 6.45) is 2.39. The molecular weight excluding hydrogens is 172 g/mol. The maximum absolute atomic E-state index is 9.47. The van der Waals surface area contributed by atoms with E-state index in [0.717, 1.165) is 11.1 Å². The molecule has 0 saturated heterocycles. The van der Waals surface area contributed by atoms with Gasteiger partial charge in [0.05, 0.1) is 5.02 Å². The van der Waals surface area contributed by atoms with Crippen LogP contribution in [0.3, 0.4) is 0 Å². The van der Waals surface area contributed by atoms with Crippen molar-refractivity contribution in [3.05, 3.63) is 40.9 Å². The molecule has 0 radical (unpaired) electrons. The number of aryl methyl sites for hydroxylation is 1. The molecule has 0 aliphatic heterocycles. The Morgan fingerprint density at radius 1 is 1.58 bits per heavy atom. The second-order valence-corrected chi connectivity index (χ2v) is 3.15. The van der Waals surface area contributed by atoms with Gasteiger partial charge in [-0.05, 0) is 30.5 Å². The van der Waals surface area contributed by atoms with Crippen molar-refractivity contribution < 1.29 is 5.11 Å². The van der Waals surface area contributed by atoms with E-state index in [0.29, 0.717) is 11.4 Å². The van der Waals surface area contributed by atoms with E-state index < -0.39 is 0 Å². The van der Waals surface area contributed by atoms with Gasteiger partial charge in [-0.25, -0.2) is 0 Å². The largest absolute Gasteiger partial charge is 0.506 e. The van der Waals surface area contributed by atoms with Crippen molar-refractivity contribution in [3.8, 4) is 5.75 Å². The molecule has 0 amide bonds. The molecule has 0 saturated carbocycles. The smallest absolute Gasteiger partial charge is 0.137 e. The van der Waals surface area contributed by atoms with Gasteiger partial charge in [0.25, 0.3) is 0 Å². The lowest BCUT2D eigenvalue weighted by Crippen LogP contribution is -1.85. The van der Waals surface area contributed by atoms with E-state index in [4.69, 9.17) is 11.6 Å². The van der Waals surface area contributed by atoms with Gasteiger partial charge in [0.2, 0.25) is 0 Å². The summed E-state index contributed by atoms with van der Waals surface area (Å²) in [6.45, 7) is 5.54. The number of phenolic OH excluding ortho intramolecular Hbond substituents is 1. The van der Waals surface area contributed by atoms with Crippen LogP contribution >= 0.6 is 11.6 Å². The Hall–Kier alpha value is -0.950. The quantitative estimate of drug-likeness (QED) is 0.697. The molecule has 0 fully saturated rings. The number of hydrogen-bond donors (Lipinski definition) is 1. The summed E-state index contributed by atoms with van der Waals surface area (Å²) in [5.74, 6) is 0.169. The topological polar surface area (TPSA) is 20.2 Å². The third-order valence-corrected chi connectivity index (χ3v) is 1.94. The lowest BCUT2D eigenvalue weighted by molar-refractivity contribution is 0.470. The van der Waals surface area contributed by atoms with Gasteiger partial charge in [0.15, 0.2) is 0 Å². The predicted molar refractivity (Wildman–Crippen MR) is 51.8 cm³/mol. The standard InChI is InChI=1S/C10H11ClO/c1-3-4-8-5-7(2)6-9(11)10(8)12/h3,5-6,12H,1,4H2,2H3. The maximum Gasteiger partial charge on any atom is 0.137 e. The summed E-state index contributed by atoms with van der Waals surface area (Å²) < 4.78 is 0. The van der Waals surface area contributed by atoms with Crippen molar-refractivity contribution in [2.24, 2.45) is 0 Å². The second-order valence-electron chi connectivity index (χ2n) is 2.75. The summed E-state index contributed by atoms with van der Waals surface area (Å²) >= 11 is 5.77. The molecule has 1 N–H and O–H groups in total. The minimum atomic E-state index is 0.169. The van der Waals surface area contributed by atoms with E-state index in [9.17, 15) is 5.11 Å². The van der Waals surface area contributed by atoms with Crippen molar-refractivity contribution in [2.75, 3.05) is 0 Å². The van der Waals surface area contributed by atoms with Crippen LogP contribution in [0.1, 0.15) is 11.1 Å². The number of aromatic hydroxyl groups is 1. The highest BCUT2D eigenvalue weighted by atomic mass is 35.5. The zero-order valence-electron chi connectivity index (χ0n) is 6.97. The van der Waals surface area contributed by atoms with Crippen LogP contribution < -0.4 is 0 Å². The molecule has 64 valence electrons. The van der Waals surface area contributed by atoms with E-state index in [1.54, 1.807) is 12.1 Å². The molecule has 0 aromatic heterocycles. The molecular formula is C10H11ClO. The fourth-order valence-electron chi connectivity index (χ4n) is 1.12. The molecule has 1 aromatic carbocycles. The highest BCUT2D eigenvalue weighted by molar-refractivity contribution is 6.32. The summed E-state index contributed by atoms with van der Waals surface area (Å²) in [6, 6.07) is 3.65. The van der Waals surface area contributed by atoms with E-state index in [2.05, 4.69) is 6.58 Å². The summed E-state index contributed by atoms with van der Waals surface area (Å²) in [4.78, 5) is 0. The van der Waals surface area contributed by atoms with Gasteiger partial charge >= 0.3 is 0 Å². The van der Waals surface area contributed by atoms with Gasteiger partial charge in [-0.2, -0.15) is 0 Å². The van der Waals surface area contributed by atoms with Crippen molar-refractivity contribution in [3.63, 3.8) is 0 Å². The van der Waals surface area contributed by atoms with Gasteiger partial charge in [-0.15, -0.1) is 6.58 Å². The molecule has 2 heteroatoms. The number of rotatable bonds is 2. The van der Waals surface area contributed by atoms with Crippen LogP contribution in [0.2, 0.25) is 5.02 Å². The maximum atomic E-state index is 9.47. The van der Waals surface area contributed by atoms with Gasteiger partial charge < -0.3 is 5.11 Å². The average molecular weight is 183 g/mol. The van der Waals surface area contributed by atoms with E-state index in [-0.39, 0.29) is 5.75 Å². The van der Waals surface area contributed by atoms with Gasteiger partial charge in [-0.3, -0.25) is 0 Å². The minimum absolute atomic E-state index is 0.169. The Balaban J connectivity index is 3.17. The first-order chi connectivity index (χ1) is 5.65. The zero-order valence-corrected chi connectivity index (χ0v) is 7.73. The SMILES string of the molecule is C=CCc1cc(C)cc(Cl)c1O. The zero-order chi connectivity index (χ0) is 9.14. The van der Waals surface area contributed by atoms with Crippen LogP contribution in [0.5, 0.6) is 5.75 Å². The molecule has 0 spiro atoms. The van der Waals surface area contributed by atoms with Gasteiger partial charge in [0, 0.05) is 0 Å². The molecule has 1 nitrogen and oxygen atoms in total. The van der Waals surface area contributed by atoms with E-state index in [1.807, 2.05) is 13.0 Å². The third kappa shape index (κ3) is 1.80. The van der Waals surface area contributed by atoms with Crippen molar-refractivity contribution in [2.45, 2.75) is 13.3 Å². The van der Waals surface area contributed by atoms with Gasteiger partial charge in [0.1, 0.15) is 5.75 Å². The monoisotopic (exact) mass is 182 g/mol. The summed E-state index contributed by atoms with van der Waals surface area (Å²) in [5.41, 5.74) is 1.88. The molecule has 1 rings (SSSR count). The number of allylic oxidation sites excluding steroid dienone is 1. The number of phenols is 1. The fraction of sp³-hybridized carbons (Fsp3) is 0.200. The van der Waals surface area contributed by atoms with Crippen LogP contribution in [0.4, 0.5) is 0 Å². The van der Waals surface area contributed by atoms with Crippen molar-refractivity contribution >= 4 is 11.6 Å². The molecule has 0 aliphatic carbocycles. The van der Waals surface area contributed by atoms with Crippen LogP contribution in [0.25, 0.3) is 0 Å². The Bertz CT molecular complexity index is 305. The molecule has 0 aliphatic rings. The molecule has 12 heavy (non-hydrogen) atoms. The lowest BCUT2D eigenvalue weighted by Gasteiger charge is -2.04. The normalized spacial score (nSPS) is 9.83. The Morgan fingerprint density at radius 3 is 2.83 bits per heavy atom. The average Bonchev–Trinajstić information content (AvgIpc) is 2.00. The Kier molecular flexibility index (Phi) is 2.77. The minimum Gasteiger partial charge on any atom is -0.506 e. The molecule has 1 aromatic rings. The molecule has 0 unspecified atom stereocenters. The molecule has 0 bridgehead atoms. The van der Waals surface area contributed by atoms with E-state index in [1.165, 1.54) is 0 Å². The van der Waals surface area contributed by atoms with Gasteiger partial charge in [-0.1, -0.05) is 23.7 Å². The van der Waals surface area contributed by atoms with Crippen molar-refractivity contribution in [1.82, 2.24) is 0 Å². The fourth-order valence-corrected chi connectivity index (χ4v) is 1.41. The molecule has 0 heterocycles. The third-order valence-electron chi connectivity index (χ3n) is 1.65. The first kappa shape index (κ1) is 9.14. The van der Waals surface area contributed by atoms with Crippen LogP contribution in [-0.4, -0.2) is 5.11 Å². The van der Waals surface area contributed by atoms with Crippen LogP contribution in [-0.2, 0) is 6.42 Å². The number of halogens is 1. The molecule has 0 atom stereocenters.